The molecule has 0 aliphatic carbocycles. The summed E-state index contributed by atoms with van der Waals surface area (Å²) >= 11 is 3.53. The lowest BCUT2D eigenvalue weighted by Gasteiger charge is -2.10. The van der Waals surface area contributed by atoms with Gasteiger partial charge in [-0.25, -0.2) is 4.98 Å². The number of thiazole rings is 1. The molecule has 0 spiro atoms. The van der Waals surface area contributed by atoms with E-state index < -0.39 is 0 Å². The second-order valence-corrected chi connectivity index (χ2v) is 5.89. The molecular formula is C12H16N2S2. The number of aromatic nitrogens is 1. The van der Waals surface area contributed by atoms with Crippen molar-refractivity contribution in [2.75, 3.05) is 6.54 Å². The lowest BCUT2D eigenvalue weighted by atomic mass is 10.2. The third-order valence-electron chi connectivity index (χ3n) is 2.51. The van der Waals surface area contributed by atoms with Gasteiger partial charge in [-0.05, 0) is 49.2 Å². The van der Waals surface area contributed by atoms with E-state index in [1.54, 1.807) is 22.7 Å². The molecule has 2 rings (SSSR count). The molecule has 16 heavy (non-hydrogen) atoms. The third kappa shape index (κ3) is 3.14. The number of rotatable bonds is 5. The molecule has 2 nitrogen and oxygen atoms in total. The fraction of sp³-hybridized carbons (Fsp3) is 0.417. The topological polar surface area (TPSA) is 24.9 Å². The maximum atomic E-state index is 4.28. The summed E-state index contributed by atoms with van der Waals surface area (Å²) in [5.41, 5.74) is 1.42. The Bertz CT molecular complexity index is 420. The van der Waals surface area contributed by atoms with Gasteiger partial charge in [-0.15, -0.1) is 11.3 Å². The van der Waals surface area contributed by atoms with Crippen LogP contribution in [0.2, 0.25) is 0 Å². The molecule has 0 aliphatic heterocycles. The maximum Gasteiger partial charge on any atom is 0.0897 e. The van der Waals surface area contributed by atoms with Crippen molar-refractivity contribution < 1.29 is 0 Å². The molecule has 1 atom stereocenters. The van der Waals surface area contributed by atoms with Gasteiger partial charge in [0.15, 0.2) is 0 Å². The van der Waals surface area contributed by atoms with Gasteiger partial charge in [-0.2, -0.15) is 11.3 Å². The Morgan fingerprint density at radius 1 is 1.50 bits per heavy atom. The average Bonchev–Trinajstić information content (AvgIpc) is 2.89. The molecule has 86 valence electrons. The highest BCUT2D eigenvalue weighted by Crippen LogP contribution is 2.19. The van der Waals surface area contributed by atoms with Crippen molar-refractivity contribution in [2.24, 2.45) is 0 Å². The zero-order chi connectivity index (χ0) is 11.4. The van der Waals surface area contributed by atoms with E-state index in [-0.39, 0.29) is 0 Å². The van der Waals surface area contributed by atoms with Crippen LogP contribution in [0.25, 0.3) is 0 Å². The summed E-state index contributed by atoms with van der Waals surface area (Å²) in [5.74, 6) is 0. The first-order chi connectivity index (χ1) is 7.75. The van der Waals surface area contributed by atoms with Crippen LogP contribution in [0.15, 0.2) is 23.0 Å². The van der Waals surface area contributed by atoms with E-state index in [2.05, 4.69) is 34.1 Å². The van der Waals surface area contributed by atoms with Crippen molar-refractivity contribution in [3.63, 3.8) is 0 Å². The van der Waals surface area contributed by atoms with Gasteiger partial charge in [0.2, 0.25) is 0 Å². The van der Waals surface area contributed by atoms with Crippen LogP contribution in [0.5, 0.6) is 0 Å². The van der Waals surface area contributed by atoms with Crippen LogP contribution < -0.4 is 5.32 Å². The quantitative estimate of drug-likeness (QED) is 0.882. The summed E-state index contributed by atoms with van der Waals surface area (Å²) < 4.78 is 0. The molecular weight excluding hydrogens is 236 g/mol. The summed E-state index contributed by atoms with van der Waals surface area (Å²) in [5, 5.41) is 9.01. The Balaban J connectivity index is 1.78. The molecule has 1 N–H and O–H groups in total. The molecule has 1 unspecified atom stereocenters. The number of nitrogens with zero attached hydrogens (tertiary/aromatic N) is 1. The van der Waals surface area contributed by atoms with Crippen LogP contribution in [-0.2, 0) is 6.42 Å². The van der Waals surface area contributed by atoms with Crippen LogP contribution in [0.3, 0.4) is 0 Å². The molecule has 0 saturated heterocycles. The van der Waals surface area contributed by atoms with Crippen LogP contribution >= 0.6 is 22.7 Å². The molecule has 0 bridgehead atoms. The SMILES string of the molecule is Cc1ncc(C(C)NCCc2ccsc2)s1. The molecule has 2 aromatic heterocycles. The van der Waals surface area contributed by atoms with E-state index in [1.807, 2.05) is 13.1 Å². The van der Waals surface area contributed by atoms with Gasteiger partial charge in [0.25, 0.3) is 0 Å². The zero-order valence-corrected chi connectivity index (χ0v) is 11.2. The summed E-state index contributed by atoms with van der Waals surface area (Å²) in [6.07, 6.45) is 3.08. The predicted octanol–water partition coefficient (Wildman–Crippen LogP) is 3.41. The van der Waals surface area contributed by atoms with E-state index in [1.165, 1.54) is 10.4 Å². The van der Waals surface area contributed by atoms with Gasteiger partial charge in [0.05, 0.1) is 5.01 Å². The minimum atomic E-state index is 0.407. The number of thiophene rings is 1. The van der Waals surface area contributed by atoms with Crippen LogP contribution in [0, 0.1) is 6.92 Å². The first-order valence-corrected chi connectivity index (χ1v) is 7.18. The molecule has 0 aliphatic rings. The highest BCUT2D eigenvalue weighted by molar-refractivity contribution is 7.11. The Hall–Kier alpha value is -0.710. The van der Waals surface area contributed by atoms with E-state index in [0.29, 0.717) is 6.04 Å². The van der Waals surface area contributed by atoms with Gasteiger partial charge in [-0.1, -0.05) is 0 Å². The maximum absolute atomic E-state index is 4.28. The lowest BCUT2D eigenvalue weighted by Crippen LogP contribution is -2.20. The van der Waals surface area contributed by atoms with E-state index in [0.717, 1.165) is 18.0 Å². The summed E-state index contributed by atoms with van der Waals surface area (Å²) in [7, 11) is 0. The van der Waals surface area contributed by atoms with Gasteiger partial charge in [0, 0.05) is 17.1 Å². The number of nitrogens with one attached hydrogen (secondary N) is 1. The van der Waals surface area contributed by atoms with Crippen molar-refractivity contribution in [3.05, 3.63) is 38.5 Å². The fourth-order valence-electron chi connectivity index (χ4n) is 1.55. The van der Waals surface area contributed by atoms with E-state index in [9.17, 15) is 0 Å². The molecule has 2 aromatic rings. The number of hydrogen-bond acceptors (Lipinski definition) is 4. The Morgan fingerprint density at radius 2 is 2.38 bits per heavy atom. The first kappa shape index (κ1) is 11.8. The standard InChI is InChI=1S/C12H16N2S2/c1-9(12-7-14-10(2)16-12)13-5-3-11-4-6-15-8-11/h4,6-9,13H,3,5H2,1-2H3. The summed E-state index contributed by atoms with van der Waals surface area (Å²) in [6, 6.07) is 2.60. The Labute approximate surface area is 104 Å². The Morgan fingerprint density at radius 3 is 3.00 bits per heavy atom. The molecule has 0 aromatic carbocycles. The van der Waals surface area contributed by atoms with Gasteiger partial charge >= 0.3 is 0 Å². The predicted molar refractivity (Wildman–Crippen MR) is 71.3 cm³/mol. The minimum Gasteiger partial charge on any atom is -0.309 e. The smallest absolute Gasteiger partial charge is 0.0897 e. The molecule has 0 amide bonds. The van der Waals surface area contributed by atoms with Crippen molar-refractivity contribution >= 4 is 22.7 Å². The molecule has 4 heteroatoms. The largest absolute Gasteiger partial charge is 0.309 e. The zero-order valence-electron chi connectivity index (χ0n) is 9.56. The summed E-state index contributed by atoms with van der Waals surface area (Å²) in [6.45, 7) is 5.27. The second kappa shape index (κ2) is 5.57. The van der Waals surface area contributed by atoms with Crippen LogP contribution in [-0.4, -0.2) is 11.5 Å². The third-order valence-corrected chi connectivity index (χ3v) is 4.34. The van der Waals surface area contributed by atoms with Gasteiger partial charge in [-0.3, -0.25) is 0 Å². The first-order valence-electron chi connectivity index (χ1n) is 5.42. The summed E-state index contributed by atoms with van der Waals surface area (Å²) in [4.78, 5) is 5.60. The van der Waals surface area contributed by atoms with Gasteiger partial charge in [0.1, 0.15) is 0 Å². The van der Waals surface area contributed by atoms with Crippen molar-refractivity contribution in [3.8, 4) is 0 Å². The van der Waals surface area contributed by atoms with Crippen LogP contribution in [0.4, 0.5) is 0 Å². The highest BCUT2D eigenvalue weighted by Gasteiger charge is 2.07. The average molecular weight is 252 g/mol. The number of aryl methyl sites for hydroxylation is 1. The van der Waals surface area contributed by atoms with Crippen molar-refractivity contribution in [1.82, 2.24) is 10.3 Å². The fourth-order valence-corrected chi connectivity index (χ4v) is 3.06. The lowest BCUT2D eigenvalue weighted by molar-refractivity contribution is 0.584. The van der Waals surface area contributed by atoms with Crippen LogP contribution in [0.1, 0.15) is 28.4 Å². The molecule has 0 radical (unpaired) electrons. The Kier molecular flexibility index (Phi) is 4.09. The highest BCUT2D eigenvalue weighted by atomic mass is 32.1. The molecule has 0 fully saturated rings. The van der Waals surface area contributed by atoms with Crippen molar-refractivity contribution in [1.29, 1.82) is 0 Å². The second-order valence-electron chi connectivity index (χ2n) is 3.84. The molecule has 0 saturated carbocycles. The van der Waals surface area contributed by atoms with Crippen molar-refractivity contribution in [2.45, 2.75) is 26.3 Å². The molecule has 2 heterocycles. The minimum absolute atomic E-state index is 0.407. The number of hydrogen-bond donors (Lipinski definition) is 1. The normalized spacial score (nSPS) is 12.9. The monoisotopic (exact) mass is 252 g/mol. The van der Waals surface area contributed by atoms with Gasteiger partial charge < -0.3 is 5.32 Å². The van der Waals surface area contributed by atoms with E-state index in [4.69, 9.17) is 0 Å². The van der Waals surface area contributed by atoms with E-state index >= 15 is 0 Å².